The van der Waals surface area contributed by atoms with Gasteiger partial charge in [-0.3, -0.25) is 9.69 Å². The number of aromatic hydroxyl groups is 1. The zero-order valence-electron chi connectivity index (χ0n) is 15.0. The largest absolute Gasteiger partial charge is 0.506 e. The average Bonchev–Trinajstić information content (AvgIpc) is 2.68. The standard InChI is InChI=1S/C20H20Br3N3O2/c21-16-3-1-13(2-4-16)12-26-7-5-15(6-8-26)20(28)25-24-11-14-9-17(22)19(27)18(23)10-14/h1-4,9-11,15,27H,5-8,12H2,(H,25,28). The SMILES string of the molecule is O=C(NN=Cc1cc(Br)c(O)c(Br)c1)C1CCN(Cc2ccc(Br)cc2)CC1. The van der Waals surface area contributed by atoms with Crippen LogP contribution in [0.25, 0.3) is 0 Å². The van der Waals surface area contributed by atoms with Crippen molar-refractivity contribution in [2.75, 3.05) is 13.1 Å². The number of piperidine rings is 1. The summed E-state index contributed by atoms with van der Waals surface area (Å²) in [6, 6.07) is 11.8. The summed E-state index contributed by atoms with van der Waals surface area (Å²) in [6.07, 6.45) is 3.22. The maximum Gasteiger partial charge on any atom is 0.243 e. The Morgan fingerprint density at radius 2 is 1.75 bits per heavy atom. The van der Waals surface area contributed by atoms with E-state index in [0.717, 1.165) is 42.5 Å². The van der Waals surface area contributed by atoms with Crippen LogP contribution in [0, 0.1) is 5.92 Å². The van der Waals surface area contributed by atoms with Gasteiger partial charge in [0.15, 0.2) is 0 Å². The molecule has 1 saturated heterocycles. The van der Waals surface area contributed by atoms with E-state index in [1.54, 1.807) is 18.3 Å². The van der Waals surface area contributed by atoms with Crippen molar-refractivity contribution >= 4 is 59.9 Å². The number of likely N-dealkylation sites (tertiary alicyclic amines) is 1. The van der Waals surface area contributed by atoms with E-state index >= 15 is 0 Å². The van der Waals surface area contributed by atoms with Crippen LogP contribution in [-0.4, -0.2) is 35.2 Å². The molecule has 0 saturated carbocycles. The lowest BCUT2D eigenvalue weighted by molar-refractivity contribution is -0.126. The summed E-state index contributed by atoms with van der Waals surface area (Å²) >= 11 is 10.0. The van der Waals surface area contributed by atoms with Gasteiger partial charge >= 0.3 is 0 Å². The van der Waals surface area contributed by atoms with E-state index < -0.39 is 0 Å². The summed E-state index contributed by atoms with van der Waals surface area (Å²) < 4.78 is 2.21. The first-order chi connectivity index (χ1) is 13.4. The number of rotatable bonds is 5. The highest BCUT2D eigenvalue weighted by Crippen LogP contribution is 2.32. The van der Waals surface area contributed by atoms with Gasteiger partial charge in [0.2, 0.25) is 5.91 Å². The van der Waals surface area contributed by atoms with Crippen molar-refractivity contribution in [2.24, 2.45) is 11.0 Å². The molecule has 148 valence electrons. The number of phenols is 1. The summed E-state index contributed by atoms with van der Waals surface area (Å²) in [5.41, 5.74) is 4.68. The second-order valence-electron chi connectivity index (χ2n) is 6.74. The summed E-state index contributed by atoms with van der Waals surface area (Å²) in [7, 11) is 0. The van der Waals surface area contributed by atoms with E-state index in [2.05, 4.69) is 87.5 Å². The number of hydrogen-bond acceptors (Lipinski definition) is 4. The Morgan fingerprint density at radius 1 is 1.14 bits per heavy atom. The fourth-order valence-corrected chi connectivity index (χ4v) is 4.61. The van der Waals surface area contributed by atoms with Crippen LogP contribution >= 0.6 is 47.8 Å². The minimum absolute atomic E-state index is 0.0170. The van der Waals surface area contributed by atoms with Crippen molar-refractivity contribution in [3.8, 4) is 5.75 Å². The maximum atomic E-state index is 12.4. The molecule has 2 N–H and O–H groups in total. The first kappa shape index (κ1) is 21.5. The molecule has 1 aliphatic rings. The number of carbonyl (C=O) groups excluding carboxylic acids is 1. The van der Waals surface area contributed by atoms with Crippen molar-refractivity contribution in [1.29, 1.82) is 0 Å². The highest BCUT2D eigenvalue weighted by Gasteiger charge is 2.24. The number of benzene rings is 2. The number of hydrazone groups is 1. The Labute approximate surface area is 189 Å². The Bertz CT molecular complexity index is 840. The van der Waals surface area contributed by atoms with Gasteiger partial charge < -0.3 is 5.11 Å². The van der Waals surface area contributed by atoms with Crippen LogP contribution in [0.5, 0.6) is 5.75 Å². The molecule has 3 rings (SSSR count). The smallest absolute Gasteiger partial charge is 0.243 e. The molecule has 0 bridgehead atoms. The number of phenolic OH excluding ortho intramolecular Hbond substituents is 1. The van der Waals surface area contributed by atoms with E-state index in [1.807, 2.05) is 0 Å². The number of nitrogens with zero attached hydrogens (tertiary/aromatic N) is 2. The third kappa shape index (κ3) is 5.89. The van der Waals surface area contributed by atoms with Gasteiger partial charge in [-0.25, -0.2) is 5.43 Å². The van der Waals surface area contributed by atoms with Crippen LogP contribution < -0.4 is 5.43 Å². The Balaban J connectivity index is 1.46. The number of hydrogen-bond donors (Lipinski definition) is 2. The molecule has 1 heterocycles. The van der Waals surface area contributed by atoms with E-state index in [4.69, 9.17) is 0 Å². The topological polar surface area (TPSA) is 64.9 Å². The highest BCUT2D eigenvalue weighted by molar-refractivity contribution is 9.11. The minimum atomic E-state index is -0.0450. The van der Waals surface area contributed by atoms with E-state index in [0.29, 0.717) is 8.95 Å². The lowest BCUT2D eigenvalue weighted by atomic mass is 9.96. The quantitative estimate of drug-likeness (QED) is 0.389. The number of halogens is 3. The summed E-state index contributed by atoms with van der Waals surface area (Å²) in [5.74, 6) is 0.0733. The van der Waals surface area contributed by atoms with Gasteiger partial charge in [-0.05, 0) is 93.2 Å². The monoisotopic (exact) mass is 571 g/mol. The van der Waals surface area contributed by atoms with Gasteiger partial charge in [0, 0.05) is 16.9 Å². The molecule has 0 aromatic heterocycles. The first-order valence-electron chi connectivity index (χ1n) is 8.90. The van der Waals surface area contributed by atoms with Gasteiger partial charge in [0.1, 0.15) is 5.75 Å². The third-order valence-corrected chi connectivity index (χ3v) is 6.44. The van der Waals surface area contributed by atoms with Gasteiger partial charge in [-0.1, -0.05) is 28.1 Å². The molecule has 8 heteroatoms. The fourth-order valence-electron chi connectivity index (χ4n) is 3.12. The molecular weight excluding hydrogens is 554 g/mol. The Kier molecular flexibility index (Phi) is 7.68. The van der Waals surface area contributed by atoms with Gasteiger partial charge in [0.05, 0.1) is 15.2 Å². The van der Waals surface area contributed by atoms with Gasteiger partial charge in [0.25, 0.3) is 0 Å². The van der Waals surface area contributed by atoms with Gasteiger partial charge in [-0.15, -0.1) is 0 Å². The molecule has 2 aromatic rings. The van der Waals surface area contributed by atoms with Crippen molar-refractivity contribution in [3.63, 3.8) is 0 Å². The molecule has 5 nitrogen and oxygen atoms in total. The van der Waals surface area contributed by atoms with Crippen LogP contribution in [0.2, 0.25) is 0 Å². The van der Waals surface area contributed by atoms with E-state index in [-0.39, 0.29) is 17.6 Å². The Hall–Kier alpha value is -1.22. The number of carbonyl (C=O) groups is 1. The summed E-state index contributed by atoms with van der Waals surface area (Å²) in [5, 5.41) is 13.8. The van der Waals surface area contributed by atoms with Crippen molar-refractivity contribution < 1.29 is 9.90 Å². The predicted molar refractivity (Wildman–Crippen MR) is 121 cm³/mol. The third-order valence-electron chi connectivity index (χ3n) is 4.71. The molecule has 1 fully saturated rings. The average molecular weight is 574 g/mol. The zero-order chi connectivity index (χ0) is 20.1. The minimum Gasteiger partial charge on any atom is -0.506 e. The molecule has 28 heavy (non-hydrogen) atoms. The van der Waals surface area contributed by atoms with Gasteiger partial charge in [-0.2, -0.15) is 5.10 Å². The lowest BCUT2D eigenvalue weighted by Gasteiger charge is -2.30. The normalized spacial score (nSPS) is 15.8. The fraction of sp³-hybridized carbons (Fsp3) is 0.300. The van der Waals surface area contributed by atoms with Crippen molar-refractivity contribution in [1.82, 2.24) is 10.3 Å². The second kappa shape index (κ2) is 10.0. The molecule has 0 radical (unpaired) electrons. The zero-order valence-corrected chi connectivity index (χ0v) is 19.8. The molecule has 2 aromatic carbocycles. The molecule has 1 aliphatic heterocycles. The molecule has 0 atom stereocenters. The van der Waals surface area contributed by atoms with E-state index in [9.17, 15) is 9.90 Å². The highest BCUT2D eigenvalue weighted by atomic mass is 79.9. The van der Waals surface area contributed by atoms with Crippen molar-refractivity contribution in [2.45, 2.75) is 19.4 Å². The van der Waals surface area contributed by atoms with E-state index in [1.165, 1.54) is 5.56 Å². The lowest BCUT2D eigenvalue weighted by Crippen LogP contribution is -2.39. The summed E-state index contributed by atoms with van der Waals surface area (Å²) in [6.45, 7) is 2.70. The number of nitrogens with one attached hydrogen (secondary N) is 1. The van der Waals surface area contributed by atoms with Crippen LogP contribution in [-0.2, 0) is 11.3 Å². The maximum absolute atomic E-state index is 12.4. The van der Waals surface area contributed by atoms with Crippen LogP contribution in [0.1, 0.15) is 24.0 Å². The second-order valence-corrected chi connectivity index (χ2v) is 9.37. The molecular formula is C20H20Br3N3O2. The van der Waals surface area contributed by atoms with Crippen molar-refractivity contribution in [3.05, 3.63) is 60.9 Å². The predicted octanol–water partition coefficient (Wildman–Crippen LogP) is 5.04. The van der Waals surface area contributed by atoms with Crippen LogP contribution in [0.4, 0.5) is 0 Å². The summed E-state index contributed by atoms with van der Waals surface area (Å²) in [4.78, 5) is 14.7. The first-order valence-corrected chi connectivity index (χ1v) is 11.3. The molecule has 1 amide bonds. The van der Waals surface area contributed by atoms with Crippen LogP contribution in [0.3, 0.4) is 0 Å². The van der Waals surface area contributed by atoms with Crippen LogP contribution in [0.15, 0.2) is 54.9 Å². The molecule has 0 spiro atoms. The number of amides is 1. The Morgan fingerprint density at radius 3 is 2.36 bits per heavy atom. The molecule has 0 aliphatic carbocycles. The molecule has 0 unspecified atom stereocenters.